The molecule has 0 bridgehead atoms. The van der Waals surface area contributed by atoms with Crippen LogP contribution < -0.4 is 0 Å². The normalized spacial score (nSPS) is 14.0. The molecular formula is C23H37N6O7Pd-. The number of aliphatic hydroxyl groups excluding tert-OH is 1. The van der Waals surface area contributed by atoms with Crippen LogP contribution in [-0.2, 0) is 52.6 Å². The second-order valence-electron chi connectivity index (χ2n) is 7.23. The summed E-state index contributed by atoms with van der Waals surface area (Å²) in [6.45, 7) is 6.66. The van der Waals surface area contributed by atoms with E-state index in [9.17, 15) is 14.4 Å². The van der Waals surface area contributed by atoms with Gasteiger partial charge in [0.05, 0.1) is 30.8 Å². The molecule has 14 heteroatoms. The fourth-order valence-corrected chi connectivity index (χ4v) is 2.07. The summed E-state index contributed by atoms with van der Waals surface area (Å²) in [5.74, 6) is -2.23. The molecule has 4 rings (SSSR count). The van der Waals surface area contributed by atoms with Crippen molar-refractivity contribution in [2.24, 2.45) is 17.8 Å². The van der Waals surface area contributed by atoms with Crippen LogP contribution >= 0.6 is 0 Å². The summed E-state index contributed by atoms with van der Waals surface area (Å²) in [6, 6.07) is 5.38. The third kappa shape index (κ3) is 18.6. The van der Waals surface area contributed by atoms with Gasteiger partial charge in [0.1, 0.15) is 6.61 Å². The molecule has 3 atom stereocenters. The minimum Gasteiger partial charge on any atom is -0.481 e. The maximum Gasteiger partial charge on any atom is 0.312 e. The molecule has 3 aromatic rings. The van der Waals surface area contributed by atoms with E-state index in [4.69, 9.17) is 15.3 Å². The van der Waals surface area contributed by atoms with Crippen LogP contribution in [0.4, 0.5) is 0 Å². The molecule has 4 N–H and O–H groups in total. The summed E-state index contributed by atoms with van der Waals surface area (Å²) < 4.78 is 7.62. The van der Waals surface area contributed by atoms with Crippen LogP contribution in [0.3, 0.4) is 0 Å². The van der Waals surface area contributed by atoms with Gasteiger partial charge >= 0.3 is 17.9 Å². The molecule has 1 aliphatic heterocycles. The smallest absolute Gasteiger partial charge is 0.312 e. The van der Waals surface area contributed by atoms with Gasteiger partial charge in [-0.3, -0.25) is 28.8 Å². The molecule has 13 nitrogen and oxygen atoms in total. The Morgan fingerprint density at radius 2 is 1.43 bits per heavy atom. The van der Waals surface area contributed by atoms with Gasteiger partial charge in [-0.1, -0.05) is 13.8 Å². The zero-order valence-electron chi connectivity index (χ0n) is 21.6. The van der Waals surface area contributed by atoms with Crippen LogP contribution in [0.25, 0.3) is 0 Å². The van der Waals surface area contributed by atoms with E-state index < -0.39 is 11.9 Å². The van der Waals surface area contributed by atoms with Gasteiger partial charge in [-0.25, -0.2) is 0 Å². The van der Waals surface area contributed by atoms with Gasteiger partial charge in [0.15, 0.2) is 0 Å². The average molecular weight is 616 g/mol. The van der Waals surface area contributed by atoms with Gasteiger partial charge in [0.2, 0.25) is 0 Å². The molecule has 1 aliphatic rings. The first-order valence-corrected chi connectivity index (χ1v) is 10.7. The third-order valence-corrected chi connectivity index (χ3v) is 4.17. The Balaban J connectivity index is -0.000000416. The SMILES string of the molecule is CO.C[C@@H](Cn1cccn1)C(=O)O.C[C@@H](Cn1cccn1)C(=O)O.C[C@H]1COC1=O.[CH3-].[Pd].c1cn[nH]c1. The Labute approximate surface area is 230 Å². The summed E-state index contributed by atoms with van der Waals surface area (Å²) in [5.41, 5.74) is 0. The van der Waals surface area contributed by atoms with Crippen LogP contribution in [0.2, 0.25) is 0 Å². The molecule has 1 fully saturated rings. The number of esters is 1. The van der Waals surface area contributed by atoms with Crippen LogP contribution in [-0.4, -0.2) is 76.7 Å². The fraction of sp³-hybridized carbons (Fsp3) is 0.435. The number of hydrogen-bond acceptors (Lipinski definition) is 8. The number of carboxylic acid groups (broad SMARTS) is 2. The molecule has 0 aliphatic carbocycles. The van der Waals surface area contributed by atoms with Crippen molar-refractivity contribution in [2.75, 3.05) is 13.7 Å². The largest absolute Gasteiger partial charge is 0.481 e. The number of aromatic nitrogens is 6. The van der Waals surface area contributed by atoms with Crippen LogP contribution in [0.1, 0.15) is 20.8 Å². The molecule has 0 spiro atoms. The van der Waals surface area contributed by atoms with E-state index >= 15 is 0 Å². The first-order chi connectivity index (χ1) is 16.7. The van der Waals surface area contributed by atoms with Crippen molar-refractivity contribution in [3.8, 4) is 0 Å². The predicted molar refractivity (Wildman–Crippen MR) is 131 cm³/mol. The van der Waals surface area contributed by atoms with Gasteiger partial charge in [-0.2, -0.15) is 15.3 Å². The summed E-state index contributed by atoms with van der Waals surface area (Å²) in [7, 11) is 1.00. The molecule has 1 saturated heterocycles. The number of carbonyl (C=O) groups excluding carboxylic acids is 1. The Morgan fingerprint density at radius 1 is 1.00 bits per heavy atom. The molecule has 4 heterocycles. The van der Waals surface area contributed by atoms with Crippen LogP contribution in [0.5, 0.6) is 0 Å². The second kappa shape index (κ2) is 23.1. The van der Waals surface area contributed by atoms with Crippen molar-refractivity contribution in [1.29, 1.82) is 0 Å². The van der Waals surface area contributed by atoms with E-state index in [-0.39, 0.29) is 51.6 Å². The molecule has 0 amide bonds. The molecule has 37 heavy (non-hydrogen) atoms. The average Bonchev–Trinajstić information content (AvgIpc) is 3.65. The van der Waals surface area contributed by atoms with E-state index in [1.54, 1.807) is 72.5 Å². The molecule has 3 aromatic heterocycles. The Morgan fingerprint density at radius 3 is 1.59 bits per heavy atom. The second-order valence-corrected chi connectivity index (χ2v) is 7.23. The van der Waals surface area contributed by atoms with Crippen molar-refractivity contribution >= 4 is 17.9 Å². The number of carboxylic acids is 2. The zero-order valence-corrected chi connectivity index (χ0v) is 23.1. The number of aliphatic carboxylic acids is 2. The Bertz CT molecular complexity index is 852. The summed E-state index contributed by atoms with van der Waals surface area (Å²) >= 11 is 0. The Kier molecular flexibility index (Phi) is 23.8. The topological polar surface area (TPSA) is 185 Å². The number of nitrogens with one attached hydrogen (secondary N) is 1. The number of aliphatic hydroxyl groups is 1. The summed E-state index contributed by atoms with van der Waals surface area (Å²) in [5, 5.41) is 38.1. The first-order valence-electron chi connectivity index (χ1n) is 10.7. The monoisotopic (exact) mass is 615 g/mol. The van der Waals surface area contributed by atoms with Crippen molar-refractivity contribution in [2.45, 2.75) is 33.9 Å². The van der Waals surface area contributed by atoms with Crippen molar-refractivity contribution in [1.82, 2.24) is 29.8 Å². The van der Waals surface area contributed by atoms with Crippen molar-refractivity contribution in [3.05, 3.63) is 62.8 Å². The standard InChI is InChI=1S/2C7H10N2O2.C4H6O2.C3H4N2.CH4O.CH3.Pd/c2*1-6(7(10)11)5-9-4-2-3-8-9;1-3-2-6-4(3)5;1-2-4-5-3-1;1-2;;/h2*2-4,6H,5H2,1H3,(H,10,11);3H,2H2,1H3;1-3H,(H,4,5);2H,1H3;1H3;/q;;;;;-1;/t2*6-;3-;;;;/m000..../s1. The molecule has 0 aromatic carbocycles. The number of cyclic esters (lactones) is 1. The maximum absolute atomic E-state index is 10.4. The van der Waals surface area contributed by atoms with Crippen molar-refractivity contribution < 1.29 is 54.9 Å². The molecular weight excluding hydrogens is 579 g/mol. The van der Waals surface area contributed by atoms with E-state index in [0.717, 1.165) is 7.11 Å². The maximum atomic E-state index is 10.4. The number of rotatable bonds is 6. The number of hydrogen-bond donors (Lipinski definition) is 4. The molecule has 212 valence electrons. The quantitative estimate of drug-likeness (QED) is 0.181. The number of carbonyl (C=O) groups is 3. The Hall–Kier alpha value is -3.34. The third-order valence-electron chi connectivity index (χ3n) is 4.17. The minimum atomic E-state index is -0.791. The minimum absolute atomic E-state index is 0. The molecule has 0 saturated carbocycles. The summed E-state index contributed by atoms with van der Waals surface area (Å²) in [4.78, 5) is 30.8. The van der Waals surface area contributed by atoms with Gasteiger partial charge in [-0.05, 0) is 25.1 Å². The number of H-pyrrole nitrogens is 1. The van der Waals surface area contributed by atoms with E-state index in [1.165, 1.54) is 0 Å². The number of ether oxygens (including phenoxy) is 1. The zero-order chi connectivity index (χ0) is 26.6. The first kappa shape index (κ1) is 38.2. The van der Waals surface area contributed by atoms with E-state index in [1.807, 2.05) is 13.0 Å². The van der Waals surface area contributed by atoms with Gasteiger partial charge < -0.3 is 27.5 Å². The van der Waals surface area contributed by atoms with E-state index in [0.29, 0.717) is 19.7 Å². The number of nitrogens with zero attached hydrogens (tertiary/aromatic N) is 5. The van der Waals surface area contributed by atoms with Gasteiger partial charge in [-0.15, -0.1) is 0 Å². The van der Waals surface area contributed by atoms with Crippen LogP contribution in [0.15, 0.2) is 55.4 Å². The predicted octanol–water partition coefficient (Wildman–Crippen LogP) is 1.85. The summed E-state index contributed by atoms with van der Waals surface area (Å²) in [6.07, 6.45) is 10.2. The number of aromatic amines is 1. The van der Waals surface area contributed by atoms with Crippen LogP contribution in [0, 0.1) is 25.2 Å². The van der Waals surface area contributed by atoms with Gasteiger partial charge in [0.25, 0.3) is 0 Å². The van der Waals surface area contributed by atoms with Crippen molar-refractivity contribution in [3.63, 3.8) is 0 Å². The van der Waals surface area contributed by atoms with E-state index in [2.05, 4.69) is 25.1 Å². The fourth-order valence-electron chi connectivity index (χ4n) is 2.07. The molecule has 0 unspecified atom stereocenters. The molecule has 0 radical (unpaired) electrons. The van der Waals surface area contributed by atoms with Gasteiger partial charge in [0, 0.05) is 64.7 Å².